The van der Waals surface area contributed by atoms with E-state index >= 15 is 0 Å². The summed E-state index contributed by atoms with van der Waals surface area (Å²) in [6.07, 6.45) is 0.146. The van der Waals surface area contributed by atoms with Crippen LogP contribution in [-0.4, -0.2) is 56.6 Å². The quantitative estimate of drug-likeness (QED) is 0.803. The first-order valence-corrected chi connectivity index (χ1v) is 7.34. The number of benzene rings is 1. The van der Waals surface area contributed by atoms with Crippen molar-refractivity contribution in [1.29, 1.82) is 0 Å². The number of H-pyrrole nitrogens is 1. The molecule has 0 bridgehead atoms. The van der Waals surface area contributed by atoms with Crippen LogP contribution in [0.3, 0.4) is 0 Å². The third kappa shape index (κ3) is 3.31. The second-order valence-electron chi connectivity index (χ2n) is 5.74. The molecular formula is C15H18FN5O2. The Labute approximate surface area is 132 Å². The first kappa shape index (κ1) is 15.4. The number of carbonyl (C=O) groups excluding carboxylic acids is 1. The number of nitrogens with one attached hydrogen (secondary N) is 2. The van der Waals surface area contributed by atoms with Crippen molar-refractivity contribution in [3.05, 3.63) is 30.1 Å². The van der Waals surface area contributed by atoms with Gasteiger partial charge in [0, 0.05) is 24.2 Å². The lowest BCUT2D eigenvalue weighted by Crippen LogP contribution is -2.37. The van der Waals surface area contributed by atoms with Gasteiger partial charge in [-0.3, -0.25) is 5.10 Å². The topological polar surface area (TPSA) is 94.1 Å². The number of aliphatic hydroxyl groups excluding tert-OH is 1. The fourth-order valence-corrected chi connectivity index (χ4v) is 2.55. The van der Waals surface area contributed by atoms with Gasteiger partial charge in [-0.25, -0.2) is 14.2 Å². The molecule has 8 heteroatoms. The number of amides is 2. The third-order valence-electron chi connectivity index (χ3n) is 3.84. The summed E-state index contributed by atoms with van der Waals surface area (Å²) in [7, 11) is 0. The van der Waals surface area contributed by atoms with Crippen molar-refractivity contribution in [2.45, 2.75) is 19.0 Å². The summed E-state index contributed by atoms with van der Waals surface area (Å²) in [6.45, 7) is 1.41. The van der Waals surface area contributed by atoms with Gasteiger partial charge in [0.05, 0.1) is 13.2 Å². The van der Waals surface area contributed by atoms with E-state index in [0.29, 0.717) is 17.3 Å². The highest BCUT2D eigenvalue weighted by molar-refractivity contribution is 5.90. The number of alkyl halides is 1. The molecule has 1 aromatic carbocycles. The van der Waals surface area contributed by atoms with Crippen LogP contribution in [0.25, 0.3) is 11.4 Å². The van der Waals surface area contributed by atoms with E-state index in [1.165, 1.54) is 4.90 Å². The Morgan fingerprint density at radius 1 is 1.57 bits per heavy atom. The highest BCUT2D eigenvalue weighted by atomic mass is 19.1. The van der Waals surface area contributed by atoms with Gasteiger partial charge in [0.15, 0.2) is 11.5 Å². The van der Waals surface area contributed by atoms with Gasteiger partial charge in [-0.15, -0.1) is 0 Å². The van der Waals surface area contributed by atoms with E-state index in [9.17, 15) is 9.18 Å². The Kier molecular flexibility index (Phi) is 3.99. The van der Waals surface area contributed by atoms with Crippen molar-refractivity contribution < 1.29 is 14.3 Å². The standard InChI is InChI=1S/C15H18FN5O2/c1-10-17-13(20-19-10)11-3-2-4-12(7-11)18-14(23)21-6-5-15(16,8-21)9-22/h2-4,7,22H,5-6,8-9H2,1H3,(H,18,23)(H,17,19,20). The van der Waals surface area contributed by atoms with E-state index < -0.39 is 12.3 Å². The monoisotopic (exact) mass is 319 g/mol. The number of halogens is 1. The fourth-order valence-electron chi connectivity index (χ4n) is 2.55. The molecule has 0 spiro atoms. The lowest BCUT2D eigenvalue weighted by Gasteiger charge is -2.19. The minimum absolute atomic E-state index is 0.102. The van der Waals surface area contributed by atoms with E-state index in [4.69, 9.17) is 5.11 Å². The molecule has 1 fully saturated rings. The average molecular weight is 319 g/mol. The average Bonchev–Trinajstić information content (AvgIpc) is 3.15. The summed E-state index contributed by atoms with van der Waals surface area (Å²) in [6, 6.07) is 6.73. The second-order valence-corrected chi connectivity index (χ2v) is 5.74. The summed E-state index contributed by atoms with van der Waals surface area (Å²) in [5, 5.41) is 18.6. The molecule has 3 rings (SSSR count). The van der Waals surface area contributed by atoms with Gasteiger partial charge < -0.3 is 15.3 Å². The number of aliphatic hydroxyl groups is 1. The minimum atomic E-state index is -1.70. The zero-order chi connectivity index (χ0) is 16.4. The van der Waals surface area contributed by atoms with Crippen LogP contribution in [0.5, 0.6) is 0 Å². The number of rotatable bonds is 3. The molecular weight excluding hydrogens is 301 g/mol. The molecule has 23 heavy (non-hydrogen) atoms. The van der Waals surface area contributed by atoms with Crippen LogP contribution in [-0.2, 0) is 0 Å². The van der Waals surface area contributed by atoms with E-state index in [2.05, 4.69) is 20.5 Å². The third-order valence-corrected chi connectivity index (χ3v) is 3.84. The van der Waals surface area contributed by atoms with Gasteiger partial charge in [-0.2, -0.15) is 5.10 Å². The lowest BCUT2D eigenvalue weighted by atomic mass is 10.1. The van der Waals surface area contributed by atoms with Crippen molar-refractivity contribution in [3.63, 3.8) is 0 Å². The highest BCUT2D eigenvalue weighted by Gasteiger charge is 2.39. The minimum Gasteiger partial charge on any atom is -0.393 e. The molecule has 122 valence electrons. The zero-order valence-corrected chi connectivity index (χ0v) is 12.7. The number of hydrogen-bond acceptors (Lipinski definition) is 4. The molecule has 2 heterocycles. The van der Waals surface area contributed by atoms with E-state index in [-0.39, 0.29) is 25.5 Å². The van der Waals surface area contributed by atoms with E-state index in [1.807, 2.05) is 6.07 Å². The first-order valence-electron chi connectivity index (χ1n) is 7.34. The van der Waals surface area contributed by atoms with Crippen molar-refractivity contribution >= 4 is 11.7 Å². The van der Waals surface area contributed by atoms with Gasteiger partial charge in [0.1, 0.15) is 5.82 Å². The molecule has 1 aliphatic heterocycles. The van der Waals surface area contributed by atoms with Gasteiger partial charge in [-0.05, 0) is 19.1 Å². The highest BCUT2D eigenvalue weighted by Crippen LogP contribution is 2.26. The van der Waals surface area contributed by atoms with Gasteiger partial charge >= 0.3 is 6.03 Å². The molecule has 1 saturated heterocycles. The summed E-state index contributed by atoms with van der Waals surface area (Å²) in [5.74, 6) is 1.25. The number of aromatic amines is 1. The van der Waals surface area contributed by atoms with Crippen molar-refractivity contribution in [2.75, 3.05) is 25.0 Å². The number of hydrogen-bond donors (Lipinski definition) is 3. The number of urea groups is 1. The predicted molar refractivity (Wildman–Crippen MR) is 82.7 cm³/mol. The van der Waals surface area contributed by atoms with Crippen LogP contribution >= 0.6 is 0 Å². The number of nitrogens with zero attached hydrogens (tertiary/aromatic N) is 3. The summed E-state index contributed by atoms with van der Waals surface area (Å²) in [5.41, 5.74) is -0.352. The van der Waals surface area contributed by atoms with Gasteiger partial charge in [-0.1, -0.05) is 12.1 Å². The van der Waals surface area contributed by atoms with Crippen LogP contribution in [0.4, 0.5) is 14.9 Å². The van der Waals surface area contributed by atoms with Crippen LogP contribution < -0.4 is 5.32 Å². The van der Waals surface area contributed by atoms with E-state index in [1.54, 1.807) is 25.1 Å². The number of anilines is 1. The van der Waals surface area contributed by atoms with Crippen molar-refractivity contribution in [1.82, 2.24) is 20.1 Å². The molecule has 7 nitrogen and oxygen atoms in total. The van der Waals surface area contributed by atoms with Gasteiger partial charge in [0.2, 0.25) is 0 Å². The molecule has 1 unspecified atom stereocenters. The largest absolute Gasteiger partial charge is 0.393 e. The molecule has 2 amide bonds. The van der Waals surface area contributed by atoms with Crippen LogP contribution in [0, 0.1) is 6.92 Å². The predicted octanol–water partition coefficient (Wildman–Crippen LogP) is 1.72. The number of carbonyl (C=O) groups is 1. The van der Waals surface area contributed by atoms with Crippen LogP contribution in [0.2, 0.25) is 0 Å². The Balaban J connectivity index is 1.70. The fraction of sp³-hybridized carbons (Fsp3) is 0.400. The Morgan fingerprint density at radius 3 is 3.04 bits per heavy atom. The molecule has 3 N–H and O–H groups in total. The summed E-state index contributed by atoms with van der Waals surface area (Å²) < 4.78 is 14.0. The Morgan fingerprint density at radius 2 is 2.39 bits per heavy atom. The van der Waals surface area contributed by atoms with Crippen molar-refractivity contribution in [2.24, 2.45) is 0 Å². The summed E-state index contributed by atoms with van der Waals surface area (Å²) in [4.78, 5) is 17.8. The van der Waals surface area contributed by atoms with Crippen LogP contribution in [0.15, 0.2) is 24.3 Å². The number of likely N-dealkylation sites (tertiary alicyclic amines) is 1. The van der Waals surface area contributed by atoms with E-state index in [0.717, 1.165) is 5.56 Å². The zero-order valence-electron chi connectivity index (χ0n) is 12.7. The summed E-state index contributed by atoms with van der Waals surface area (Å²) >= 11 is 0. The molecule has 2 aromatic rings. The molecule has 0 radical (unpaired) electrons. The molecule has 1 aromatic heterocycles. The maximum Gasteiger partial charge on any atom is 0.321 e. The van der Waals surface area contributed by atoms with Crippen molar-refractivity contribution in [3.8, 4) is 11.4 Å². The number of aromatic nitrogens is 3. The maximum atomic E-state index is 14.0. The maximum absolute atomic E-state index is 14.0. The smallest absolute Gasteiger partial charge is 0.321 e. The Hall–Kier alpha value is -2.48. The Bertz CT molecular complexity index is 719. The number of aryl methyl sites for hydroxylation is 1. The molecule has 0 aliphatic carbocycles. The second kappa shape index (κ2) is 5.96. The molecule has 1 aliphatic rings. The lowest BCUT2D eigenvalue weighted by molar-refractivity contribution is 0.0813. The molecule has 0 saturated carbocycles. The van der Waals surface area contributed by atoms with Gasteiger partial charge in [0.25, 0.3) is 0 Å². The van der Waals surface area contributed by atoms with Crippen LogP contribution in [0.1, 0.15) is 12.2 Å². The molecule has 1 atom stereocenters. The normalized spacial score (nSPS) is 20.7. The SMILES string of the molecule is Cc1nc(-c2cccc(NC(=O)N3CCC(F)(CO)C3)c2)n[nH]1. The first-order chi connectivity index (χ1) is 11.0.